The van der Waals surface area contributed by atoms with Gasteiger partial charge in [0.15, 0.2) is 0 Å². The highest BCUT2D eigenvalue weighted by Crippen LogP contribution is 2.23. The topological polar surface area (TPSA) is 102 Å². The van der Waals surface area contributed by atoms with Gasteiger partial charge in [-0.2, -0.15) is 5.26 Å². The summed E-state index contributed by atoms with van der Waals surface area (Å²) in [6, 6.07) is 13.7. The predicted molar refractivity (Wildman–Crippen MR) is 74.9 cm³/mol. The van der Waals surface area contributed by atoms with Crippen molar-refractivity contribution in [3.8, 4) is 11.8 Å². The predicted octanol–water partition coefficient (Wildman–Crippen LogP) is 1.82. The van der Waals surface area contributed by atoms with E-state index in [1.807, 2.05) is 12.1 Å². The van der Waals surface area contributed by atoms with Gasteiger partial charge in [-0.1, -0.05) is 12.1 Å². The van der Waals surface area contributed by atoms with Gasteiger partial charge in [-0.25, -0.2) is 0 Å². The van der Waals surface area contributed by atoms with Crippen molar-refractivity contribution in [1.29, 1.82) is 5.26 Å². The highest BCUT2D eigenvalue weighted by Gasteiger charge is 2.04. The lowest BCUT2D eigenvalue weighted by atomic mass is 10.1. The van der Waals surface area contributed by atoms with Crippen molar-refractivity contribution in [2.45, 2.75) is 6.61 Å². The van der Waals surface area contributed by atoms with Gasteiger partial charge in [0, 0.05) is 5.56 Å². The maximum atomic E-state index is 11.1. The minimum atomic E-state index is -0.482. The first-order valence-electron chi connectivity index (χ1n) is 5.91. The number of primary amides is 1. The first-order chi connectivity index (χ1) is 9.60. The van der Waals surface area contributed by atoms with E-state index in [9.17, 15) is 4.79 Å². The molecule has 100 valence electrons. The minimum absolute atomic E-state index is 0.261. The molecule has 0 atom stereocenters. The number of ether oxygens (including phenoxy) is 1. The van der Waals surface area contributed by atoms with Crippen LogP contribution < -0.4 is 16.2 Å². The van der Waals surface area contributed by atoms with Crippen molar-refractivity contribution < 1.29 is 9.53 Å². The first kappa shape index (κ1) is 13.4. The Morgan fingerprint density at radius 2 is 2.05 bits per heavy atom. The van der Waals surface area contributed by atoms with Crippen LogP contribution >= 0.6 is 0 Å². The molecule has 0 aliphatic carbocycles. The SMILES string of the molecule is N#Cc1ccc(OCc2cccc(C(N)=O)c2)c(N)c1. The molecule has 0 aliphatic rings. The molecule has 0 fully saturated rings. The summed E-state index contributed by atoms with van der Waals surface area (Å²) >= 11 is 0. The lowest BCUT2D eigenvalue weighted by Crippen LogP contribution is -2.11. The van der Waals surface area contributed by atoms with Crippen molar-refractivity contribution in [3.05, 3.63) is 59.2 Å². The Labute approximate surface area is 116 Å². The van der Waals surface area contributed by atoms with E-state index in [1.165, 1.54) is 0 Å². The summed E-state index contributed by atoms with van der Waals surface area (Å²) in [4.78, 5) is 11.1. The molecule has 1 amide bonds. The third-order valence-corrected chi connectivity index (χ3v) is 2.74. The Bertz CT molecular complexity index is 690. The normalized spacial score (nSPS) is 9.75. The number of amides is 1. The summed E-state index contributed by atoms with van der Waals surface area (Å²) in [5.74, 6) is 0.0122. The van der Waals surface area contributed by atoms with Gasteiger partial charge in [-0.15, -0.1) is 0 Å². The Morgan fingerprint density at radius 1 is 1.25 bits per heavy atom. The molecule has 5 nitrogen and oxygen atoms in total. The number of nitrogens with two attached hydrogens (primary N) is 2. The zero-order valence-corrected chi connectivity index (χ0v) is 10.7. The molecule has 0 saturated heterocycles. The van der Waals surface area contributed by atoms with Crippen molar-refractivity contribution >= 4 is 11.6 Å². The number of carbonyl (C=O) groups excluding carboxylic acids is 1. The van der Waals surface area contributed by atoms with E-state index < -0.39 is 5.91 Å². The molecule has 0 unspecified atom stereocenters. The van der Waals surface area contributed by atoms with Gasteiger partial charge in [0.25, 0.3) is 0 Å². The van der Waals surface area contributed by atoms with E-state index in [0.29, 0.717) is 22.6 Å². The van der Waals surface area contributed by atoms with Crippen molar-refractivity contribution in [2.24, 2.45) is 5.73 Å². The number of nitriles is 1. The zero-order valence-electron chi connectivity index (χ0n) is 10.7. The van der Waals surface area contributed by atoms with Crippen LogP contribution in [0.2, 0.25) is 0 Å². The fourth-order valence-corrected chi connectivity index (χ4v) is 1.72. The van der Waals surface area contributed by atoms with E-state index in [4.69, 9.17) is 21.5 Å². The second-order valence-electron chi connectivity index (χ2n) is 4.22. The summed E-state index contributed by atoms with van der Waals surface area (Å²) in [5.41, 5.74) is 13.1. The molecule has 5 heteroatoms. The molecule has 0 aromatic heterocycles. The van der Waals surface area contributed by atoms with Crippen LogP contribution in [0.15, 0.2) is 42.5 Å². The quantitative estimate of drug-likeness (QED) is 0.825. The van der Waals surface area contributed by atoms with Gasteiger partial charge in [0.05, 0.1) is 17.3 Å². The van der Waals surface area contributed by atoms with Gasteiger partial charge < -0.3 is 16.2 Å². The van der Waals surface area contributed by atoms with Gasteiger partial charge >= 0.3 is 0 Å². The number of hydrogen-bond acceptors (Lipinski definition) is 4. The number of anilines is 1. The van der Waals surface area contributed by atoms with Gasteiger partial charge in [0.1, 0.15) is 12.4 Å². The van der Waals surface area contributed by atoms with Crippen LogP contribution in [0.3, 0.4) is 0 Å². The Balaban J connectivity index is 2.11. The van der Waals surface area contributed by atoms with Crippen LogP contribution in [0.5, 0.6) is 5.75 Å². The van der Waals surface area contributed by atoms with Crippen LogP contribution in [-0.4, -0.2) is 5.91 Å². The lowest BCUT2D eigenvalue weighted by molar-refractivity contribution is 0.1000. The average Bonchev–Trinajstić information content (AvgIpc) is 2.46. The maximum Gasteiger partial charge on any atom is 0.248 e. The molecule has 2 aromatic rings. The number of benzene rings is 2. The van der Waals surface area contributed by atoms with Crippen LogP contribution in [-0.2, 0) is 6.61 Å². The zero-order chi connectivity index (χ0) is 14.5. The van der Waals surface area contributed by atoms with E-state index >= 15 is 0 Å². The van der Waals surface area contributed by atoms with Gasteiger partial charge in [-0.3, -0.25) is 4.79 Å². The number of rotatable bonds is 4. The third kappa shape index (κ3) is 3.06. The van der Waals surface area contributed by atoms with Gasteiger partial charge in [-0.05, 0) is 35.9 Å². The monoisotopic (exact) mass is 267 g/mol. The van der Waals surface area contributed by atoms with E-state index in [0.717, 1.165) is 5.56 Å². The second kappa shape index (κ2) is 5.76. The first-order valence-corrected chi connectivity index (χ1v) is 5.91. The molecule has 0 radical (unpaired) electrons. The standard InChI is InChI=1S/C15H13N3O2/c16-8-10-4-5-14(13(17)7-10)20-9-11-2-1-3-12(6-11)15(18)19/h1-7H,9,17H2,(H2,18,19). The molecule has 0 saturated carbocycles. The molecule has 0 bridgehead atoms. The Morgan fingerprint density at radius 3 is 2.70 bits per heavy atom. The Hall–Kier alpha value is -3.00. The van der Waals surface area contributed by atoms with Crippen LogP contribution in [0, 0.1) is 11.3 Å². The van der Waals surface area contributed by atoms with Crippen LogP contribution in [0.25, 0.3) is 0 Å². The van der Waals surface area contributed by atoms with Crippen LogP contribution in [0.1, 0.15) is 21.5 Å². The van der Waals surface area contributed by atoms with E-state index in [2.05, 4.69) is 0 Å². The molecule has 20 heavy (non-hydrogen) atoms. The fraction of sp³-hybridized carbons (Fsp3) is 0.0667. The Kier molecular flexibility index (Phi) is 3.87. The van der Waals surface area contributed by atoms with Crippen molar-refractivity contribution in [2.75, 3.05) is 5.73 Å². The molecular formula is C15H13N3O2. The summed E-state index contributed by atoms with van der Waals surface area (Å²) in [6.45, 7) is 0.261. The smallest absolute Gasteiger partial charge is 0.248 e. The van der Waals surface area contributed by atoms with E-state index in [-0.39, 0.29) is 6.61 Å². The molecule has 0 aliphatic heterocycles. The number of hydrogen-bond donors (Lipinski definition) is 2. The van der Waals surface area contributed by atoms with Gasteiger partial charge in [0.2, 0.25) is 5.91 Å². The summed E-state index contributed by atoms with van der Waals surface area (Å²) < 4.78 is 5.57. The average molecular weight is 267 g/mol. The molecule has 2 rings (SSSR count). The van der Waals surface area contributed by atoms with E-state index in [1.54, 1.807) is 36.4 Å². The highest BCUT2D eigenvalue weighted by atomic mass is 16.5. The molecule has 0 heterocycles. The summed E-state index contributed by atoms with van der Waals surface area (Å²) in [7, 11) is 0. The number of nitrogens with zero attached hydrogens (tertiary/aromatic N) is 1. The molecule has 0 spiro atoms. The third-order valence-electron chi connectivity index (χ3n) is 2.74. The molecular weight excluding hydrogens is 254 g/mol. The molecule has 2 aromatic carbocycles. The number of carbonyl (C=O) groups is 1. The van der Waals surface area contributed by atoms with Crippen molar-refractivity contribution in [3.63, 3.8) is 0 Å². The van der Waals surface area contributed by atoms with Crippen molar-refractivity contribution in [1.82, 2.24) is 0 Å². The molecule has 4 N–H and O–H groups in total. The number of nitrogen functional groups attached to an aromatic ring is 1. The lowest BCUT2D eigenvalue weighted by Gasteiger charge is -2.09. The summed E-state index contributed by atoms with van der Waals surface area (Å²) in [5, 5.41) is 8.75. The minimum Gasteiger partial charge on any atom is -0.487 e. The fourth-order valence-electron chi connectivity index (χ4n) is 1.72. The summed E-state index contributed by atoms with van der Waals surface area (Å²) in [6.07, 6.45) is 0. The maximum absolute atomic E-state index is 11.1. The highest BCUT2D eigenvalue weighted by molar-refractivity contribution is 5.92. The largest absolute Gasteiger partial charge is 0.487 e. The van der Waals surface area contributed by atoms with Crippen LogP contribution in [0.4, 0.5) is 5.69 Å². The second-order valence-corrected chi connectivity index (χ2v) is 4.22.